The largest absolute Gasteiger partial charge is 0.493 e. The van der Waals surface area contributed by atoms with Crippen LogP contribution in [0.4, 0.5) is 11.5 Å². The topological polar surface area (TPSA) is 92.8 Å². The second-order valence-corrected chi connectivity index (χ2v) is 10.7. The summed E-state index contributed by atoms with van der Waals surface area (Å²) in [5.74, 6) is 3.31. The number of fused-ring (bicyclic) bond motifs is 1. The molecule has 0 spiro atoms. The molecule has 1 fully saturated rings. The van der Waals surface area contributed by atoms with Crippen LogP contribution in [-0.4, -0.2) is 50.7 Å². The van der Waals surface area contributed by atoms with Gasteiger partial charge in [-0.3, -0.25) is 9.59 Å². The summed E-state index contributed by atoms with van der Waals surface area (Å²) in [6, 6.07) is 13.6. The van der Waals surface area contributed by atoms with Crippen molar-refractivity contribution in [3.63, 3.8) is 0 Å². The molecule has 0 radical (unpaired) electrons. The fourth-order valence-electron chi connectivity index (χ4n) is 5.39. The number of carbonyl (C=O) groups excluding carboxylic acids is 2. The van der Waals surface area contributed by atoms with Gasteiger partial charge in [0, 0.05) is 43.5 Å². The number of rotatable bonds is 10. The zero-order chi connectivity index (χ0) is 27.9. The van der Waals surface area contributed by atoms with Gasteiger partial charge in [0.25, 0.3) is 0 Å². The summed E-state index contributed by atoms with van der Waals surface area (Å²) in [4.78, 5) is 32.1. The maximum atomic E-state index is 12.5. The van der Waals surface area contributed by atoms with Gasteiger partial charge in [-0.2, -0.15) is 0 Å². The number of hydrogen-bond donors (Lipinski definition) is 2. The van der Waals surface area contributed by atoms with Crippen LogP contribution < -0.4 is 25.0 Å². The summed E-state index contributed by atoms with van der Waals surface area (Å²) in [6.45, 7) is 9.22. The van der Waals surface area contributed by atoms with Crippen molar-refractivity contribution in [1.82, 2.24) is 10.3 Å². The second kappa shape index (κ2) is 12.8. The number of aromatic nitrogens is 1. The lowest BCUT2D eigenvalue weighted by molar-refractivity contribution is -0.124. The number of aryl methyl sites for hydroxylation is 1. The first-order valence-electron chi connectivity index (χ1n) is 13.7. The average molecular weight is 533 g/mol. The predicted octanol–water partition coefficient (Wildman–Crippen LogP) is 5.12. The van der Waals surface area contributed by atoms with Crippen LogP contribution in [0.2, 0.25) is 0 Å². The van der Waals surface area contributed by atoms with Crippen molar-refractivity contribution < 1.29 is 19.1 Å². The standard InChI is InChI=1S/C31H40N4O4/c1-20-14-21(2)19-35(18-20)29-15-22(3)25-17-24(7-8-26(25)34-29)33-31(37)11-10-30(36)32-13-12-23-6-9-27(38-4)28(16-23)39-5/h6-9,15-17,20-21H,10-14,18-19H2,1-5H3,(H,32,36)(H,33,37)/t20-,21+. The zero-order valence-electron chi connectivity index (χ0n) is 23.7. The van der Waals surface area contributed by atoms with E-state index in [1.165, 1.54) is 6.42 Å². The third-order valence-corrected chi connectivity index (χ3v) is 7.24. The van der Waals surface area contributed by atoms with Gasteiger partial charge in [0.2, 0.25) is 11.8 Å². The van der Waals surface area contributed by atoms with Crippen molar-refractivity contribution >= 4 is 34.2 Å². The Bertz CT molecular complexity index is 1320. The van der Waals surface area contributed by atoms with E-state index < -0.39 is 0 Å². The zero-order valence-corrected chi connectivity index (χ0v) is 23.7. The Morgan fingerprint density at radius 1 is 0.949 bits per heavy atom. The van der Waals surface area contributed by atoms with Crippen LogP contribution >= 0.6 is 0 Å². The predicted molar refractivity (Wildman–Crippen MR) is 156 cm³/mol. The molecule has 2 heterocycles. The molecule has 0 saturated carbocycles. The Morgan fingerprint density at radius 2 is 1.67 bits per heavy atom. The van der Waals surface area contributed by atoms with E-state index in [1.807, 2.05) is 36.4 Å². The first kappa shape index (κ1) is 28.2. The van der Waals surface area contributed by atoms with Gasteiger partial charge >= 0.3 is 0 Å². The number of ether oxygens (including phenoxy) is 2. The molecule has 1 aromatic heterocycles. The van der Waals surface area contributed by atoms with Gasteiger partial charge in [0.15, 0.2) is 11.5 Å². The Hall–Kier alpha value is -3.81. The number of anilines is 2. The molecule has 1 saturated heterocycles. The number of hydrogen-bond acceptors (Lipinski definition) is 6. The number of nitrogens with one attached hydrogen (secondary N) is 2. The van der Waals surface area contributed by atoms with Gasteiger partial charge in [-0.05, 0) is 79.1 Å². The molecule has 2 aromatic carbocycles. The summed E-state index contributed by atoms with van der Waals surface area (Å²) >= 11 is 0. The normalized spacial score (nSPS) is 17.1. The van der Waals surface area contributed by atoms with Gasteiger partial charge in [-0.25, -0.2) is 4.98 Å². The minimum Gasteiger partial charge on any atom is -0.493 e. The van der Waals surface area contributed by atoms with Crippen molar-refractivity contribution in [2.24, 2.45) is 11.8 Å². The molecular weight excluding hydrogens is 492 g/mol. The van der Waals surface area contributed by atoms with Crippen LogP contribution in [0.1, 0.15) is 44.2 Å². The monoisotopic (exact) mass is 532 g/mol. The summed E-state index contributed by atoms with van der Waals surface area (Å²) in [5.41, 5.74) is 3.78. The fourth-order valence-corrected chi connectivity index (χ4v) is 5.39. The third-order valence-electron chi connectivity index (χ3n) is 7.24. The molecule has 0 unspecified atom stereocenters. The highest BCUT2D eigenvalue weighted by Crippen LogP contribution is 2.30. The SMILES string of the molecule is COc1ccc(CCNC(=O)CCC(=O)Nc2ccc3nc(N4C[C@H](C)C[C@H](C)C4)cc(C)c3c2)cc1OC. The van der Waals surface area contributed by atoms with Gasteiger partial charge in [0.1, 0.15) is 5.82 Å². The lowest BCUT2D eigenvalue weighted by Crippen LogP contribution is -2.39. The molecule has 2 N–H and O–H groups in total. The number of piperidine rings is 1. The molecule has 0 aliphatic carbocycles. The van der Waals surface area contributed by atoms with Crippen molar-refractivity contribution in [2.45, 2.75) is 46.5 Å². The Morgan fingerprint density at radius 3 is 2.38 bits per heavy atom. The van der Waals surface area contributed by atoms with E-state index in [9.17, 15) is 9.59 Å². The van der Waals surface area contributed by atoms with Crippen LogP contribution in [0.25, 0.3) is 10.9 Å². The first-order chi connectivity index (χ1) is 18.7. The minimum absolute atomic E-state index is 0.113. The highest BCUT2D eigenvalue weighted by Gasteiger charge is 2.23. The molecule has 39 heavy (non-hydrogen) atoms. The Labute approximate surface area is 231 Å². The van der Waals surface area contributed by atoms with E-state index in [-0.39, 0.29) is 24.7 Å². The second-order valence-electron chi connectivity index (χ2n) is 10.7. The molecule has 8 nitrogen and oxygen atoms in total. The molecule has 2 atom stereocenters. The average Bonchev–Trinajstić information content (AvgIpc) is 2.91. The lowest BCUT2D eigenvalue weighted by atomic mass is 9.92. The first-order valence-corrected chi connectivity index (χ1v) is 13.7. The number of nitrogens with zero attached hydrogens (tertiary/aromatic N) is 2. The lowest BCUT2D eigenvalue weighted by Gasteiger charge is -2.36. The smallest absolute Gasteiger partial charge is 0.224 e. The number of carbonyl (C=O) groups is 2. The maximum Gasteiger partial charge on any atom is 0.224 e. The number of amides is 2. The third kappa shape index (κ3) is 7.40. The molecule has 208 valence electrons. The van der Waals surface area contributed by atoms with Gasteiger partial charge in [0.05, 0.1) is 19.7 Å². The van der Waals surface area contributed by atoms with Gasteiger partial charge in [-0.15, -0.1) is 0 Å². The summed E-state index contributed by atoms with van der Waals surface area (Å²) in [6.07, 6.45) is 2.15. The van der Waals surface area contributed by atoms with Crippen LogP contribution in [0.3, 0.4) is 0 Å². The summed E-state index contributed by atoms with van der Waals surface area (Å²) in [5, 5.41) is 6.83. The highest BCUT2D eigenvalue weighted by molar-refractivity contribution is 5.96. The quantitative estimate of drug-likeness (QED) is 0.377. The molecule has 3 aromatic rings. The Kier molecular flexibility index (Phi) is 9.28. The summed E-state index contributed by atoms with van der Waals surface area (Å²) in [7, 11) is 3.19. The summed E-state index contributed by atoms with van der Waals surface area (Å²) < 4.78 is 10.6. The highest BCUT2D eigenvalue weighted by atomic mass is 16.5. The fraction of sp³-hybridized carbons (Fsp3) is 0.452. The Balaban J connectivity index is 1.27. The van der Waals surface area contributed by atoms with Crippen molar-refractivity contribution in [3.8, 4) is 11.5 Å². The van der Waals surface area contributed by atoms with E-state index in [2.05, 4.69) is 42.4 Å². The minimum atomic E-state index is -0.192. The van der Waals surface area contributed by atoms with E-state index >= 15 is 0 Å². The van der Waals surface area contributed by atoms with Crippen LogP contribution in [-0.2, 0) is 16.0 Å². The van der Waals surface area contributed by atoms with E-state index in [0.29, 0.717) is 42.0 Å². The maximum absolute atomic E-state index is 12.5. The van der Waals surface area contributed by atoms with Crippen LogP contribution in [0, 0.1) is 18.8 Å². The van der Waals surface area contributed by atoms with Crippen molar-refractivity contribution in [3.05, 3.63) is 53.6 Å². The van der Waals surface area contributed by atoms with Crippen LogP contribution in [0.15, 0.2) is 42.5 Å². The molecule has 4 rings (SSSR count). The molecule has 1 aliphatic heterocycles. The molecule has 0 bridgehead atoms. The van der Waals surface area contributed by atoms with Gasteiger partial charge < -0.3 is 25.0 Å². The van der Waals surface area contributed by atoms with Gasteiger partial charge in [-0.1, -0.05) is 19.9 Å². The molecule has 8 heteroatoms. The van der Waals surface area contributed by atoms with E-state index in [0.717, 1.165) is 40.9 Å². The van der Waals surface area contributed by atoms with Crippen molar-refractivity contribution in [1.29, 1.82) is 0 Å². The van der Waals surface area contributed by atoms with Crippen molar-refractivity contribution in [2.75, 3.05) is 44.1 Å². The van der Waals surface area contributed by atoms with E-state index in [4.69, 9.17) is 14.5 Å². The number of pyridine rings is 1. The molecular formula is C31H40N4O4. The number of benzene rings is 2. The number of methoxy groups -OCH3 is 2. The molecule has 2 amide bonds. The van der Waals surface area contributed by atoms with E-state index in [1.54, 1.807) is 14.2 Å². The van der Waals surface area contributed by atoms with Crippen LogP contribution in [0.5, 0.6) is 11.5 Å². The molecule has 1 aliphatic rings.